The third-order valence-corrected chi connectivity index (χ3v) is 12.0. The summed E-state index contributed by atoms with van der Waals surface area (Å²) in [5.41, 5.74) is 4.56. The lowest BCUT2D eigenvalue weighted by Crippen LogP contribution is -2.51. The molecule has 3 aliphatic rings. The molecule has 1 unspecified atom stereocenters. The lowest BCUT2D eigenvalue weighted by atomic mass is 10.0. The van der Waals surface area contributed by atoms with E-state index in [2.05, 4.69) is 30.6 Å². The second kappa shape index (κ2) is 16.0. The van der Waals surface area contributed by atoms with Gasteiger partial charge in [-0.05, 0) is 68.7 Å². The second-order valence-electron chi connectivity index (χ2n) is 16.5. The summed E-state index contributed by atoms with van der Waals surface area (Å²) in [5, 5.41) is 14.8. The van der Waals surface area contributed by atoms with Gasteiger partial charge < -0.3 is 49.5 Å². The molecular weight excluding hydrogens is 774 g/mol. The molecule has 0 aliphatic carbocycles. The summed E-state index contributed by atoms with van der Waals surface area (Å²) >= 11 is 0. The number of amides is 4. The van der Waals surface area contributed by atoms with Gasteiger partial charge in [-0.1, -0.05) is 39.8 Å². The molecule has 2 aromatic carbocycles. The van der Waals surface area contributed by atoms with Crippen molar-refractivity contribution in [3.8, 4) is 39.5 Å². The number of aromatic nitrogens is 5. The normalized spacial score (nSPS) is 19.6. The summed E-state index contributed by atoms with van der Waals surface area (Å²) in [4.78, 5) is 70.1. The van der Waals surface area contributed by atoms with Crippen molar-refractivity contribution < 1.29 is 38.1 Å². The molecule has 8 rings (SSSR count). The predicted octanol–water partition coefficient (Wildman–Crippen LogP) is 7.14. The number of ether oxygens (including phenoxy) is 2. The van der Waals surface area contributed by atoms with Crippen LogP contribution in [0, 0.1) is 17.7 Å². The number of benzene rings is 2. The van der Waals surface area contributed by atoms with Crippen LogP contribution in [0.3, 0.4) is 0 Å². The van der Waals surface area contributed by atoms with Gasteiger partial charge in [0.2, 0.25) is 11.8 Å². The maximum Gasteiger partial charge on any atom is 0.407 e. The number of carbonyl (C=O) groups excluding carboxylic acids is 3. The van der Waals surface area contributed by atoms with E-state index in [0.29, 0.717) is 76.9 Å². The van der Waals surface area contributed by atoms with Crippen molar-refractivity contribution in [2.45, 2.75) is 90.7 Å². The lowest BCUT2D eigenvalue weighted by Gasteiger charge is -2.30. The van der Waals surface area contributed by atoms with Gasteiger partial charge in [0.25, 0.3) is 0 Å². The summed E-state index contributed by atoms with van der Waals surface area (Å²) in [6.45, 7) is 10.3. The van der Waals surface area contributed by atoms with Gasteiger partial charge in [0.15, 0.2) is 12.0 Å². The number of likely N-dealkylation sites (tertiary alicyclic amines) is 2. The maximum atomic E-state index is 16.7. The van der Waals surface area contributed by atoms with E-state index >= 15 is 4.39 Å². The largest absolute Gasteiger partial charge is 0.470 e. The van der Waals surface area contributed by atoms with E-state index in [1.54, 1.807) is 28.3 Å². The molecule has 2 saturated heterocycles. The molecule has 6 heterocycles. The number of hydrogen-bond donors (Lipinski definition) is 5. The molecular formula is C43H50FN9O7. The van der Waals surface area contributed by atoms with Crippen molar-refractivity contribution in [2.24, 2.45) is 11.8 Å². The average molecular weight is 824 g/mol. The molecule has 5 aromatic rings. The Kier molecular flexibility index (Phi) is 10.8. The summed E-state index contributed by atoms with van der Waals surface area (Å²) in [5.74, 6) is 0.488. The van der Waals surface area contributed by atoms with Crippen molar-refractivity contribution in [1.82, 2.24) is 44.9 Å². The number of nitrogens with zero attached hydrogens (tertiary/aromatic N) is 5. The van der Waals surface area contributed by atoms with Gasteiger partial charge in [0.1, 0.15) is 29.5 Å². The van der Waals surface area contributed by atoms with Crippen molar-refractivity contribution in [3.63, 3.8) is 0 Å². The summed E-state index contributed by atoms with van der Waals surface area (Å²) in [7, 11) is 1.27. The first-order valence-corrected chi connectivity index (χ1v) is 20.5. The number of H-pyrrole nitrogens is 2. The number of carboxylic acid groups (broad SMARTS) is 1. The Hall–Kier alpha value is -6.39. The van der Waals surface area contributed by atoms with Crippen molar-refractivity contribution in [2.75, 3.05) is 20.2 Å². The number of alkyl carbamates (subject to hydrolysis) is 1. The first-order chi connectivity index (χ1) is 28.7. The zero-order chi connectivity index (χ0) is 42.6. The quantitative estimate of drug-likeness (QED) is 0.0972. The van der Waals surface area contributed by atoms with E-state index < -0.39 is 30.5 Å². The molecule has 17 heteroatoms. The summed E-state index contributed by atoms with van der Waals surface area (Å²) in [6.07, 6.45) is 3.90. The lowest BCUT2D eigenvalue weighted by molar-refractivity contribution is -0.136. The van der Waals surface area contributed by atoms with Crippen molar-refractivity contribution in [1.29, 1.82) is 0 Å². The Balaban J connectivity index is 1.04. The molecule has 4 amide bonds. The smallest absolute Gasteiger partial charge is 0.407 e. The van der Waals surface area contributed by atoms with Crippen LogP contribution in [0.2, 0.25) is 0 Å². The molecule has 5 N–H and O–H groups in total. The SMILES string of the molecule is COC(=O)N[C@H](C(=O)N1CCC[C@H]1c1ncc(-c2ccc3c(c2)c(F)c2n3C(C)Oc3cc(-c4cnc([C@@H]5CCCN5C(=O)[C@@H](NC(=O)O)C(C)C)[nH]4)ccc3-2)[nH]1)C(C)C. The molecule has 60 heavy (non-hydrogen) atoms. The number of hydrogen-bond acceptors (Lipinski definition) is 8. The van der Waals surface area contributed by atoms with Crippen LogP contribution in [0.5, 0.6) is 5.75 Å². The fourth-order valence-corrected chi connectivity index (χ4v) is 8.93. The van der Waals surface area contributed by atoms with E-state index in [4.69, 9.17) is 9.47 Å². The van der Waals surface area contributed by atoms with E-state index in [1.165, 1.54) is 7.11 Å². The van der Waals surface area contributed by atoms with Crippen LogP contribution < -0.4 is 15.4 Å². The Morgan fingerprint density at radius 2 is 1.40 bits per heavy atom. The highest BCUT2D eigenvalue weighted by Crippen LogP contribution is 2.46. The first kappa shape index (κ1) is 40.4. The summed E-state index contributed by atoms with van der Waals surface area (Å²) in [6, 6.07) is 8.89. The van der Waals surface area contributed by atoms with Crippen molar-refractivity contribution >= 4 is 34.9 Å². The number of fused-ring (bicyclic) bond motifs is 5. The number of methoxy groups -OCH3 is 1. The van der Waals surface area contributed by atoms with Crippen LogP contribution in [-0.2, 0) is 14.3 Å². The molecule has 3 aromatic heterocycles. The third kappa shape index (κ3) is 7.19. The predicted molar refractivity (Wildman–Crippen MR) is 219 cm³/mol. The minimum Gasteiger partial charge on any atom is -0.470 e. The number of imidazole rings is 2. The van der Waals surface area contributed by atoms with E-state index in [-0.39, 0.29) is 41.6 Å². The highest BCUT2D eigenvalue weighted by Gasteiger charge is 2.39. The van der Waals surface area contributed by atoms with Gasteiger partial charge in [0, 0.05) is 35.2 Å². The Morgan fingerprint density at radius 1 is 0.850 bits per heavy atom. The van der Waals surface area contributed by atoms with Gasteiger partial charge in [-0.3, -0.25) is 9.59 Å². The fraction of sp³-hybridized carbons (Fsp3) is 0.442. The van der Waals surface area contributed by atoms with Crippen molar-refractivity contribution in [3.05, 3.63) is 66.3 Å². The number of halogens is 1. The summed E-state index contributed by atoms with van der Waals surface area (Å²) < 4.78 is 29.7. The highest BCUT2D eigenvalue weighted by atomic mass is 19.1. The third-order valence-electron chi connectivity index (χ3n) is 12.0. The number of aromatic amines is 2. The Morgan fingerprint density at radius 3 is 1.95 bits per heavy atom. The Labute approximate surface area is 345 Å². The van der Waals surface area contributed by atoms with Crippen LogP contribution in [0.1, 0.15) is 90.3 Å². The highest BCUT2D eigenvalue weighted by molar-refractivity contribution is 5.93. The Bertz CT molecular complexity index is 2470. The standard InChI is InChI=1S/C43H50FN9O7/c1-21(2)35(49-42(56)57)40(54)51-15-7-9-31(51)39-46-20-29(48-39)25-11-13-26-33(18-25)60-23(5)53-30-14-12-24(17-27(30)34(44)37(26)53)28-19-45-38(47-28)32-10-8-16-52(32)41(55)36(22(3)4)50-43(58)59-6/h11-14,17-23,31-32,35-36,49H,7-10,15-16H2,1-6H3,(H,45,47)(H,46,48)(H,50,58)(H,56,57)/t23?,31-,32-,35-,36-/m0/s1. The van der Waals surface area contributed by atoms with Crippen LogP contribution in [0.25, 0.3) is 44.7 Å². The topological polar surface area (TPSA) is 200 Å². The van der Waals surface area contributed by atoms with Gasteiger partial charge in [0.05, 0.1) is 54.2 Å². The van der Waals surface area contributed by atoms with Gasteiger partial charge >= 0.3 is 12.2 Å². The monoisotopic (exact) mass is 823 g/mol. The average Bonchev–Trinajstić information content (AvgIpc) is 4.08. The molecule has 0 saturated carbocycles. The van der Waals surface area contributed by atoms with E-state index in [0.717, 1.165) is 24.0 Å². The second-order valence-corrected chi connectivity index (χ2v) is 16.5. The number of rotatable bonds is 10. The number of carbonyl (C=O) groups is 4. The molecule has 5 atom stereocenters. The fourth-order valence-electron chi connectivity index (χ4n) is 8.93. The van der Waals surface area contributed by atoms with Crippen LogP contribution in [-0.4, -0.2) is 95.7 Å². The molecule has 3 aliphatic heterocycles. The molecule has 0 bridgehead atoms. The molecule has 0 spiro atoms. The van der Waals surface area contributed by atoms with Crippen LogP contribution >= 0.6 is 0 Å². The van der Waals surface area contributed by atoms with Gasteiger partial charge in [-0.2, -0.15) is 0 Å². The number of nitrogens with one attached hydrogen (secondary N) is 4. The zero-order valence-corrected chi connectivity index (χ0v) is 34.4. The molecule has 16 nitrogen and oxygen atoms in total. The minimum atomic E-state index is -1.24. The van der Waals surface area contributed by atoms with Gasteiger partial charge in [-0.15, -0.1) is 0 Å². The first-order valence-electron chi connectivity index (χ1n) is 20.5. The van der Waals surface area contributed by atoms with Crippen LogP contribution in [0.4, 0.5) is 14.0 Å². The maximum absolute atomic E-state index is 16.7. The molecule has 316 valence electrons. The van der Waals surface area contributed by atoms with Gasteiger partial charge in [-0.25, -0.2) is 23.9 Å². The molecule has 2 fully saturated rings. The zero-order valence-electron chi connectivity index (χ0n) is 34.4. The van der Waals surface area contributed by atoms with E-state index in [9.17, 15) is 24.3 Å². The minimum absolute atomic E-state index is 0.157. The van der Waals surface area contributed by atoms with E-state index in [1.807, 2.05) is 69.5 Å². The van der Waals surface area contributed by atoms with Crippen LogP contribution in [0.15, 0.2) is 48.8 Å². The molecule has 0 radical (unpaired) electrons.